The number of anilines is 1. The first-order chi connectivity index (χ1) is 14.0. The van der Waals surface area contributed by atoms with Gasteiger partial charge in [0.05, 0.1) is 7.11 Å². The third-order valence-corrected chi connectivity index (χ3v) is 5.05. The number of thioether (sulfide) groups is 1. The number of benzene rings is 2. The lowest BCUT2D eigenvalue weighted by Crippen LogP contribution is -2.12. The lowest BCUT2D eigenvalue weighted by Gasteiger charge is -2.06. The highest BCUT2D eigenvalue weighted by Crippen LogP contribution is 2.33. The molecule has 0 spiro atoms. The SMILES string of the molecule is COc1cccc2cc(-c3nnc(NC(=O)c4cccc(SC(C)C)c4)o3)oc12. The summed E-state index contributed by atoms with van der Waals surface area (Å²) >= 11 is 1.69. The first-order valence-electron chi connectivity index (χ1n) is 9.02. The molecule has 0 fully saturated rings. The summed E-state index contributed by atoms with van der Waals surface area (Å²) in [7, 11) is 1.58. The van der Waals surface area contributed by atoms with Crippen molar-refractivity contribution in [2.24, 2.45) is 0 Å². The van der Waals surface area contributed by atoms with E-state index in [1.54, 1.807) is 37.1 Å². The monoisotopic (exact) mass is 409 g/mol. The van der Waals surface area contributed by atoms with Gasteiger partial charge in [0, 0.05) is 21.1 Å². The summed E-state index contributed by atoms with van der Waals surface area (Å²) < 4.78 is 16.7. The highest BCUT2D eigenvalue weighted by atomic mass is 32.2. The molecule has 0 unspecified atom stereocenters. The van der Waals surface area contributed by atoms with E-state index in [9.17, 15) is 4.79 Å². The van der Waals surface area contributed by atoms with Crippen LogP contribution in [0.2, 0.25) is 0 Å². The predicted octanol–water partition coefficient (Wildman–Crippen LogP) is 5.24. The van der Waals surface area contributed by atoms with Crippen LogP contribution >= 0.6 is 11.8 Å². The van der Waals surface area contributed by atoms with Gasteiger partial charge >= 0.3 is 6.01 Å². The van der Waals surface area contributed by atoms with Crippen molar-refractivity contribution in [1.29, 1.82) is 0 Å². The van der Waals surface area contributed by atoms with Gasteiger partial charge in [-0.1, -0.05) is 37.1 Å². The summed E-state index contributed by atoms with van der Waals surface area (Å²) in [4.78, 5) is 13.6. The first kappa shape index (κ1) is 19.1. The van der Waals surface area contributed by atoms with Gasteiger partial charge in [0.2, 0.25) is 0 Å². The molecule has 148 valence electrons. The third kappa shape index (κ3) is 4.12. The topological polar surface area (TPSA) is 90.4 Å². The average molecular weight is 409 g/mol. The van der Waals surface area contributed by atoms with Gasteiger partial charge in [-0.25, -0.2) is 0 Å². The van der Waals surface area contributed by atoms with E-state index in [4.69, 9.17) is 13.6 Å². The maximum Gasteiger partial charge on any atom is 0.322 e. The van der Waals surface area contributed by atoms with Crippen molar-refractivity contribution in [2.75, 3.05) is 12.4 Å². The fourth-order valence-corrected chi connectivity index (χ4v) is 3.72. The molecule has 0 bridgehead atoms. The number of hydrogen-bond donors (Lipinski definition) is 1. The molecule has 0 saturated heterocycles. The largest absolute Gasteiger partial charge is 0.493 e. The number of fused-ring (bicyclic) bond motifs is 1. The zero-order chi connectivity index (χ0) is 20.4. The summed E-state index contributed by atoms with van der Waals surface area (Å²) in [5.41, 5.74) is 1.11. The average Bonchev–Trinajstić information content (AvgIpc) is 3.34. The molecule has 2 aromatic carbocycles. The summed E-state index contributed by atoms with van der Waals surface area (Å²) in [6, 6.07) is 14.7. The lowest BCUT2D eigenvalue weighted by molar-refractivity contribution is 0.102. The molecule has 0 atom stereocenters. The van der Waals surface area contributed by atoms with Crippen LogP contribution in [0, 0.1) is 0 Å². The van der Waals surface area contributed by atoms with E-state index < -0.39 is 0 Å². The molecule has 8 heteroatoms. The van der Waals surface area contributed by atoms with Crippen LogP contribution in [-0.4, -0.2) is 28.5 Å². The van der Waals surface area contributed by atoms with Crippen LogP contribution < -0.4 is 10.1 Å². The van der Waals surface area contributed by atoms with Crippen LogP contribution in [0.15, 0.2) is 62.3 Å². The smallest absolute Gasteiger partial charge is 0.322 e. The molecule has 0 saturated carbocycles. The van der Waals surface area contributed by atoms with Crippen molar-refractivity contribution in [3.05, 3.63) is 54.1 Å². The van der Waals surface area contributed by atoms with E-state index in [0.717, 1.165) is 10.3 Å². The van der Waals surface area contributed by atoms with Crippen molar-refractivity contribution in [2.45, 2.75) is 24.0 Å². The number of para-hydroxylation sites is 1. The number of hydrogen-bond acceptors (Lipinski definition) is 7. The maximum absolute atomic E-state index is 12.5. The van der Waals surface area contributed by atoms with Crippen LogP contribution in [0.4, 0.5) is 6.01 Å². The number of nitrogens with one attached hydrogen (secondary N) is 1. The molecule has 4 aromatic rings. The van der Waals surface area contributed by atoms with Gasteiger partial charge in [-0.15, -0.1) is 16.9 Å². The quantitative estimate of drug-likeness (QED) is 0.435. The molecule has 4 rings (SSSR count). The predicted molar refractivity (Wildman–Crippen MR) is 111 cm³/mol. The molecule has 7 nitrogen and oxygen atoms in total. The van der Waals surface area contributed by atoms with Crippen molar-refractivity contribution in [3.8, 4) is 17.4 Å². The van der Waals surface area contributed by atoms with Crippen molar-refractivity contribution in [3.63, 3.8) is 0 Å². The first-order valence-corrected chi connectivity index (χ1v) is 9.90. The molecular formula is C21H19N3O4S. The Hall–Kier alpha value is -3.26. The molecule has 2 heterocycles. The summed E-state index contributed by atoms with van der Waals surface area (Å²) in [6.07, 6.45) is 0. The van der Waals surface area contributed by atoms with Crippen LogP contribution in [0.5, 0.6) is 5.75 Å². The Morgan fingerprint density at radius 2 is 1.93 bits per heavy atom. The Morgan fingerprint density at radius 1 is 1.10 bits per heavy atom. The summed E-state index contributed by atoms with van der Waals surface area (Å²) in [6.45, 7) is 4.20. The van der Waals surface area contributed by atoms with Crippen molar-refractivity contribution >= 4 is 34.7 Å². The summed E-state index contributed by atoms with van der Waals surface area (Å²) in [5, 5.41) is 11.8. The summed E-state index contributed by atoms with van der Waals surface area (Å²) in [5.74, 6) is 0.856. The molecule has 0 aliphatic heterocycles. The number of furan rings is 1. The molecule has 0 aliphatic carbocycles. The van der Waals surface area contributed by atoms with Crippen LogP contribution in [0.25, 0.3) is 22.6 Å². The highest BCUT2D eigenvalue weighted by molar-refractivity contribution is 7.99. The number of nitrogens with zero attached hydrogens (tertiary/aromatic N) is 2. The minimum atomic E-state index is -0.322. The lowest BCUT2D eigenvalue weighted by atomic mass is 10.2. The second-order valence-electron chi connectivity index (χ2n) is 6.55. The van der Waals surface area contributed by atoms with Gasteiger partial charge in [0.25, 0.3) is 11.8 Å². The number of ether oxygens (including phenoxy) is 1. The van der Waals surface area contributed by atoms with E-state index in [2.05, 4.69) is 29.4 Å². The fourth-order valence-electron chi connectivity index (χ4n) is 2.83. The molecule has 0 radical (unpaired) electrons. The minimum absolute atomic E-state index is 0.000614. The Kier molecular flexibility index (Phi) is 5.26. The van der Waals surface area contributed by atoms with E-state index in [0.29, 0.717) is 27.9 Å². The van der Waals surface area contributed by atoms with Gasteiger partial charge in [0.15, 0.2) is 17.1 Å². The number of methoxy groups -OCH3 is 1. The van der Waals surface area contributed by atoms with Gasteiger partial charge in [0.1, 0.15) is 0 Å². The molecule has 0 aliphatic rings. The standard InChI is InChI=1S/C21H19N3O4S/c1-12(2)29-15-8-4-7-14(10-15)19(25)22-21-24-23-20(28-21)17-11-13-6-5-9-16(26-3)18(13)27-17/h4-12H,1-3H3,(H,22,24,25). The molecule has 29 heavy (non-hydrogen) atoms. The maximum atomic E-state index is 12.5. The fraction of sp³-hybridized carbons (Fsp3) is 0.190. The molecule has 1 N–H and O–H groups in total. The van der Waals surface area contributed by atoms with Gasteiger partial charge < -0.3 is 13.6 Å². The van der Waals surface area contributed by atoms with Crippen LogP contribution in [0.3, 0.4) is 0 Å². The molecular weight excluding hydrogens is 390 g/mol. The van der Waals surface area contributed by atoms with Crippen LogP contribution in [-0.2, 0) is 0 Å². The highest BCUT2D eigenvalue weighted by Gasteiger charge is 2.17. The van der Waals surface area contributed by atoms with E-state index in [-0.39, 0.29) is 17.8 Å². The van der Waals surface area contributed by atoms with Gasteiger partial charge in [-0.05, 0) is 30.3 Å². The third-order valence-electron chi connectivity index (χ3n) is 4.05. The van der Waals surface area contributed by atoms with E-state index in [1.807, 2.05) is 30.3 Å². The van der Waals surface area contributed by atoms with Crippen molar-refractivity contribution < 1.29 is 18.4 Å². The Morgan fingerprint density at radius 3 is 2.72 bits per heavy atom. The second kappa shape index (κ2) is 8.00. The van der Waals surface area contributed by atoms with Crippen LogP contribution in [0.1, 0.15) is 24.2 Å². The van der Waals surface area contributed by atoms with Gasteiger partial charge in [-0.3, -0.25) is 10.1 Å². The zero-order valence-electron chi connectivity index (χ0n) is 16.1. The van der Waals surface area contributed by atoms with E-state index >= 15 is 0 Å². The second-order valence-corrected chi connectivity index (χ2v) is 8.20. The number of aromatic nitrogens is 2. The zero-order valence-corrected chi connectivity index (χ0v) is 16.9. The number of carbonyl (C=O) groups is 1. The Balaban J connectivity index is 1.53. The minimum Gasteiger partial charge on any atom is -0.493 e. The Bertz CT molecular complexity index is 1170. The van der Waals surface area contributed by atoms with Gasteiger partial charge in [-0.2, -0.15) is 0 Å². The number of carbonyl (C=O) groups excluding carboxylic acids is 1. The van der Waals surface area contributed by atoms with Crippen molar-refractivity contribution in [1.82, 2.24) is 10.2 Å². The van der Waals surface area contributed by atoms with E-state index in [1.165, 1.54) is 0 Å². The molecule has 1 amide bonds. The molecule has 2 aromatic heterocycles. The number of rotatable bonds is 6. The number of amides is 1. The Labute approximate surface area is 171 Å². The normalized spacial score (nSPS) is 11.2.